The molecule has 100 valence electrons. The maximum Gasteiger partial charge on any atom is 0.317 e. The molecular formula is C12H20N4O2. The SMILES string of the molecule is CCC1(C)CN(C(=O)NCc2ccn[nH]2)CCO1. The van der Waals surface area contributed by atoms with Crippen LogP contribution in [0.25, 0.3) is 0 Å². The van der Waals surface area contributed by atoms with Crippen LogP contribution in [0.5, 0.6) is 0 Å². The molecule has 2 N–H and O–H groups in total. The number of carbonyl (C=O) groups is 1. The highest BCUT2D eigenvalue weighted by molar-refractivity contribution is 5.74. The molecule has 0 radical (unpaired) electrons. The number of amides is 2. The summed E-state index contributed by atoms with van der Waals surface area (Å²) in [5.74, 6) is 0. The van der Waals surface area contributed by atoms with Crippen LogP contribution in [0.15, 0.2) is 12.3 Å². The van der Waals surface area contributed by atoms with Crippen molar-refractivity contribution < 1.29 is 9.53 Å². The van der Waals surface area contributed by atoms with E-state index in [1.54, 1.807) is 6.20 Å². The average molecular weight is 252 g/mol. The van der Waals surface area contributed by atoms with E-state index < -0.39 is 0 Å². The van der Waals surface area contributed by atoms with Gasteiger partial charge in [-0.3, -0.25) is 5.10 Å². The Bertz CT molecular complexity index is 393. The lowest BCUT2D eigenvalue weighted by molar-refractivity contribution is -0.0872. The molecule has 1 atom stereocenters. The van der Waals surface area contributed by atoms with Crippen molar-refractivity contribution in [2.45, 2.75) is 32.4 Å². The van der Waals surface area contributed by atoms with Crippen LogP contribution < -0.4 is 5.32 Å². The van der Waals surface area contributed by atoms with Crippen molar-refractivity contribution in [3.05, 3.63) is 18.0 Å². The molecule has 0 spiro atoms. The Hall–Kier alpha value is -1.56. The largest absolute Gasteiger partial charge is 0.372 e. The zero-order valence-corrected chi connectivity index (χ0v) is 10.9. The summed E-state index contributed by atoms with van der Waals surface area (Å²) in [6, 6.07) is 1.79. The molecule has 0 aliphatic carbocycles. The number of aromatic amines is 1. The zero-order valence-electron chi connectivity index (χ0n) is 10.9. The molecule has 1 fully saturated rings. The minimum Gasteiger partial charge on any atom is -0.372 e. The summed E-state index contributed by atoms with van der Waals surface area (Å²) in [5.41, 5.74) is 0.679. The molecule has 2 rings (SSSR count). The van der Waals surface area contributed by atoms with Crippen molar-refractivity contribution in [1.29, 1.82) is 0 Å². The maximum absolute atomic E-state index is 12.0. The molecule has 18 heavy (non-hydrogen) atoms. The van der Waals surface area contributed by atoms with Gasteiger partial charge in [-0.1, -0.05) is 6.92 Å². The normalized spacial score (nSPS) is 24.0. The smallest absolute Gasteiger partial charge is 0.317 e. The second-order valence-electron chi connectivity index (χ2n) is 4.81. The fourth-order valence-electron chi connectivity index (χ4n) is 1.98. The topological polar surface area (TPSA) is 70.2 Å². The molecule has 1 aromatic heterocycles. The van der Waals surface area contributed by atoms with E-state index in [4.69, 9.17) is 4.74 Å². The van der Waals surface area contributed by atoms with Gasteiger partial charge in [-0.05, 0) is 19.4 Å². The molecule has 1 saturated heterocycles. The fraction of sp³-hybridized carbons (Fsp3) is 0.667. The Balaban J connectivity index is 1.85. The van der Waals surface area contributed by atoms with Gasteiger partial charge in [-0.2, -0.15) is 5.10 Å². The van der Waals surface area contributed by atoms with E-state index in [9.17, 15) is 4.79 Å². The Labute approximate surface area is 107 Å². The molecule has 1 aliphatic rings. The minimum atomic E-state index is -0.219. The van der Waals surface area contributed by atoms with Gasteiger partial charge < -0.3 is 15.0 Å². The number of aromatic nitrogens is 2. The number of hydrogen-bond acceptors (Lipinski definition) is 3. The molecule has 0 aromatic carbocycles. The first-order valence-corrected chi connectivity index (χ1v) is 6.28. The Morgan fingerprint density at radius 3 is 3.22 bits per heavy atom. The van der Waals surface area contributed by atoms with E-state index >= 15 is 0 Å². The average Bonchev–Trinajstić information content (AvgIpc) is 2.89. The lowest BCUT2D eigenvalue weighted by Crippen LogP contribution is -2.54. The molecule has 6 heteroatoms. The highest BCUT2D eigenvalue weighted by atomic mass is 16.5. The molecule has 0 bridgehead atoms. The van der Waals surface area contributed by atoms with Gasteiger partial charge in [-0.25, -0.2) is 4.79 Å². The third kappa shape index (κ3) is 3.01. The first kappa shape index (κ1) is 12.9. The van der Waals surface area contributed by atoms with E-state index in [1.165, 1.54) is 0 Å². The van der Waals surface area contributed by atoms with Crippen molar-refractivity contribution in [3.63, 3.8) is 0 Å². The number of H-pyrrole nitrogens is 1. The monoisotopic (exact) mass is 252 g/mol. The van der Waals surface area contributed by atoms with E-state index in [0.29, 0.717) is 26.2 Å². The second-order valence-corrected chi connectivity index (χ2v) is 4.81. The molecule has 6 nitrogen and oxygen atoms in total. The third-order valence-corrected chi connectivity index (χ3v) is 3.36. The predicted octanol–water partition coefficient (Wildman–Crippen LogP) is 1.12. The lowest BCUT2D eigenvalue weighted by Gasteiger charge is -2.39. The Morgan fingerprint density at radius 1 is 1.72 bits per heavy atom. The summed E-state index contributed by atoms with van der Waals surface area (Å²) in [7, 11) is 0. The number of hydrogen-bond donors (Lipinski definition) is 2. The van der Waals surface area contributed by atoms with Gasteiger partial charge in [0.15, 0.2) is 0 Å². The number of nitrogens with zero attached hydrogens (tertiary/aromatic N) is 2. The lowest BCUT2D eigenvalue weighted by atomic mass is 10.0. The van der Waals surface area contributed by atoms with Crippen LogP contribution in [0, 0.1) is 0 Å². The third-order valence-electron chi connectivity index (χ3n) is 3.36. The van der Waals surface area contributed by atoms with Crippen LogP contribution in [0.4, 0.5) is 4.79 Å². The van der Waals surface area contributed by atoms with Gasteiger partial charge >= 0.3 is 6.03 Å². The standard InChI is InChI=1S/C12H20N4O2/c1-3-12(2)9-16(6-7-18-12)11(17)13-8-10-4-5-14-15-10/h4-5H,3,6-9H2,1-2H3,(H,13,17)(H,14,15). The molecular weight excluding hydrogens is 232 g/mol. The summed E-state index contributed by atoms with van der Waals surface area (Å²) < 4.78 is 5.71. The van der Waals surface area contributed by atoms with Crippen molar-refractivity contribution in [2.75, 3.05) is 19.7 Å². The van der Waals surface area contributed by atoms with Crippen molar-refractivity contribution >= 4 is 6.03 Å². The summed E-state index contributed by atoms with van der Waals surface area (Å²) in [5, 5.41) is 9.53. The summed E-state index contributed by atoms with van der Waals surface area (Å²) in [6.45, 7) is 6.47. The van der Waals surface area contributed by atoms with Gasteiger partial charge in [-0.15, -0.1) is 0 Å². The van der Waals surface area contributed by atoms with Crippen LogP contribution in [0.3, 0.4) is 0 Å². The molecule has 2 heterocycles. The number of rotatable bonds is 3. The van der Waals surface area contributed by atoms with Crippen LogP contribution in [0.1, 0.15) is 26.0 Å². The minimum absolute atomic E-state index is 0.0485. The van der Waals surface area contributed by atoms with E-state index in [1.807, 2.05) is 17.9 Å². The highest BCUT2D eigenvalue weighted by Gasteiger charge is 2.32. The van der Waals surface area contributed by atoms with Gasteiger partial charge in [0.1, 0.15) is 0 Å². The second kappa shape index (κ2) is 5.39. The van der Waals surface area contributed by atoms with Gasteiger partial charge in [0.25, 0.3) is 0 Å². The van der Waals surface area contributed by atoms with Crippen LogP contribution >= 0.6 is 0 Å². The van der Waals surface area contributed by atoms with Crippen molar-refractivity contribution in [2.24, 2.45) is 0 Å². The number of morpholine rings is 1. The molecule has 0 saturated carbocycles. The fourth-order valence-corrected chi connectivity index (χ4v) is 1.98. The first-order chi connectivity index (χ1) is 8.63. The molecule has 1 aliphatic heterocycles. The summed E-state index contributed by atoms with van der Waals surface area (Å²) in [6.07, 6.45) is 2.57. The van der Waals surface area contributed by atoms with Gasteiger partial charge in [0, 0.05) is 12.7 Å². The van der Waals surface area contributed by atoms with E-state index in [-0.39, 0.29) is 11.6 Å². The predicted molar refractivity (Wildman–Crippen MR) is 67.0 cm³/mol. The number of carbonyl (C=O) groups excluding carboxylic acids is 1. The van der Waals surface area contributed by atoms with Crippen molar-refractivity contribution in [3.8, 4) is 0 Å². The quantitative estimate of drug-likeness (QED) is 0.847. The Kier molecular flexibility index (Phi) is 3.86. The van der Waals surface area contributed by atoms with E-state index in [2.05, 4.69) is 22.4 Å². The molecule has 1 unspecified atom stereocenters. The molecule has 2 amide bonds. The van der Waals surface area contributed by atoms with E-state index in [0.717, 1.165) is 12.1 Å². The molecule has 1 aromatic rings. The van der Waals surface area contributed by atoms with Crippen LogP contribution in [0.2, 0.25) is 0 Å². The Morgan fingerprint density at radius 2 is 2.56 bits per heavy atom. The van der Waals surface area contributed by atoms with Gasteiger partial charge in [0.2, 0.25) is 0 Å². The van der Waals surface area contributed by atoms with Crippen molar-refractivity contribution in [1.82, 2.24) is 20.4 Å². The van der Waals surface area contributed by atoms with Crippen LogP contribution in [-0.2, 0) is 11.3 Å². The van der Waals surface area contributed by atoms with Gasteiger partial charge in [0.05, 0.1) is 31.0 Å². The number of nitrogens with one attached hydrogen (secondary N) is 2. The number of ether oxygens (including phenoxy) is 1. The first-order valence-electron chi connectivity index (χ1n) is 6.28. The summed E-state index contributed by atoms with van der Waals surface area (Å²) >= 11 is 0. The van der Waals surface area contributed by atoms with Crippen LogP contribution in [-0.4, -0.2) is 46.4 Å². The maximum atomic E-state index is 12.0. The summed E-state index contributed by atoms with van der Waals surface area (Å²) in [4.78, 5) is 13.8. The highest BCUT2D eigenvalue weighted by Crippen LogP contribution is 2.20. The zero-order chi connectivity index (χ0) is 13.0. The number of urea groups is 1.